The van der Waals surface area contributed by atoms with E-state index in [0.717, 1.165) is 4.90 Å². The fourth-order valence-corrected chi connectivity index (χ4v) is 2.70. The molecular weight excluding hydrogens is 340 g/mol. The summed E-state index contributed by atoms with van der Waals surface area (Å²) < 4.78 is 4.99. The fraction of sp³-hybridized carbons (Fsp3) is 0.125. The zero-order valence-corrected chi connectivity index (χ0v) is 14.4. The van der Waals surface area contributed by atoms with Gasteiger partial charge in [0.15, 0.2) is 5.96 Å². The highest BCUT2D eigenvalue weighted by atomic mass is 32.2. The third kappa shape index (κ3) is 5.81. The maximum Gasteiger partial charge on any atom is 0.338 e. The number of nitrogens with two attached hydrogens (primary N) is 3. The highest BCUT2D eigenvalue weighted by Crippen LogP contribution is 2.29. The van der Waals surface area contributed by atoms with Crippen molar-refractivity contribution >= 4 is 35.3 Å². The molecule has 0 radical (unpaired) electrons. The van der Waals surface area contributed by atoms with Crippen LogP contribution in [0.2, 0.25) is 0 Å². The van der Waals surface area contributed by atoms with Gasteiger partial charge in [-0.3, -0.25) is 0 Å². The van der Waals surface area contributed by atoms with E-state index in [9.17, 15) is 4.79 Å². The minimum absolute atomic E-state index is 0.0374. The van der Waals surface area contributed by atoms with Crippen molar-refractivity contribution < 1.29 is 9.53 Å². The standard InChI is InChI=1S/C16H18N6O2S/c1-2-24-14(23)10-6-7-20-13(8-10)25-12-5-3-4-11(9-12)21-16(19)22-15(17)18/h3-9H,2H2,1H3,(H6,17,18,19,21,22). The van der Waals surface area contributed by atoms with Gasteiger partial charge in [0.2, 0.25) is 5.96 Å². The van der Waals surface area contributed by atoms with Gasteiger partial charge < -0.3 is 21.9 Å². The summed E-state index contributed by atoms with van der Waals surface area (Å²) in [6.07, 6.45) is 1.56. The Balaban J connectivity index is 2.19. The van der Waals surface area contributed by atoms with Gasteiger partial charge in [0, 0.05) is 11.1 Å². The van der Waals surface area contributed by atoms with E-state index in [1.54, 1.807) is 37.4 Å². The number of hydrogen-bond donors (Lipinski definition) is 3. The number of carbonyl (C=O) groups is 1. The molecule has 0 amide bonds. The molecule has 0 aliphatic carbocycles. The third-order valence-electron chi connectivity index (χ3n) is 2.77. The first-order valence-corrected chi connectivity index (χ1v) is 8.14. The van der Waals surface area contributed by atoms with E-state index in [1.807, 2.05) is 12.1 Å². The van der Waals surface area contributed by atoms with Gasteiger partial charge in [0.1, 0.15) is 5.03 Å². The molecular formula is C16H18N6O2S. The number of guanidine groups is 2. The number of hydrogen-bond acceptors (Lipinski definition) is 5. The average Bonchev–Trinajstić information content (AvgIpc) is 2.55. The highest BCUT2D eigenvalue weighted by Gasteiger charge is 2.08. The first-order chi connectivity index (χ1) is 12.0. The SMILES string of the molecule is CCOC(=O)c1ccnc(Sc2cccc(N=C(N)N=C(N)N)c2)c1. The topological polar surface area (TPSA) is 142 Å². The van der Waals surface area contributed by atoms with Crippen LogP contribution in [0.5, 0.6) is 0 Å². The Labute approximate surface area is 149 Å². The van der Waals surface area contributed by atoms with Crippen LogP contribution in [0.15, 0.2) is 62.5 Å². The number of pyridine rings is 1. The number of ether oxygens (including phenoxy) is 1. The summed E-state index contributed by atoms with van der Waals surface area (Å²) >= 11 is 1.38. The number of esters is 1. The van der Waals surface area contributed by atoms with Gasteiger partial charge in [-0.15, -0.1) is 0 Å². The molecule has 0 saturated heterocycles. The predicted molar refractivity (Wildman–Crippen MR) is 97.9 cm³/mol. The minimum Gasteiger partial charge on any atom is -0.462 e. The van der Waals surface area contributed by atoms with Crippen molar-refractivity contribution in [3.8, 4) is 0 Å². The van der Waals surface area contributed by atoms with Crippen molar-refractivity contribution in [1.29, 1.82) is 0 Å². The van der Waals surface area contributed by atoms with Gasteiger partial charge in [0.05, 0.1) is 17.9 Å². The van der Waals surface area contributed by atoms with Crippen molar-refractivity contribution in [2.45, 2.75) is 16.8 Å². The number of rotatable bonds is 5. The van der Waals surface area contributed by atoms with Crippen molar-refractivity contribution in [3.63, 3.8) is 0 Å². The summed E-state index contributed by atoms with van der Waals surface area (Å²) in [7, 11) is 0. The maximum absolute atomic E-state index is 11.8. The van der Waals surface area contributed by atoms with Gasteiger partial charge in [-0.1, -0.05) is 17.8 Å². The molecule has 6 N–H and O–H groups in total. The Hall–Kier alpha value is -3.07. The van der Waals surface area contributed by atoms with Crippen LogP contribution in [0.4, 0.5) is 5.69 Å². The van der Waals surface area contributed by atoms with Crippen LogP contribution in [-0.2, 0) is 4.74 Å². The van der Waals surface area contributed by atoms with Crippen LogP contribution in [-0.4, -0.2) is 29.5 Å². The van der Waals surface area contributed by atoms with Crippen LogP contribution in [0, 0.1) is 0 Å². The van der Waals surface area contributed by atoms with Gasteiger partial charge >= 0.3 is 5.97 Å². The van der Waals surface area contributed by atoms with Crippen molar-refractivity contribution in [2.24, 2.45) is 27.2 Å². The summed E-state index contributed by atoms with van der Waals surface area (Å²) in [5.41, 5.74) is 17.2. The molecule has 0 spiro atoms. The van der Waals surface area contributed by atoms with Crippen molar-refractivity contribution in [3.05, 3.63) is 48.2 Å². The molecule has 0 atom stereocenters. The van der Waals surface area contributed by atoms with Crippen LogP contribution >= 0.6 is 11.8 Å². The minimum atomic E-state index is -0.380. The Morgan fingerprint density at radius 2 is 2.04 bits per heavy atom. The highest BCUT2D eigenvalue weighted by molar-refractivity contribution is 7.99. The van der Waals surface area contributed by atoms with E-state index in [0.29, 0.717) is 22.9 Å². The molecule has 0 unspecified atom stereocenters. The molecule has 25 heavy (non-hydrogen) atoms. The predicted octanol–water partition coefficient (Wildman–Crippen LogP) is 1.63. The van der Waals surface area contributed by atoms with Gasteiger partial charge in [-0.25, -0.2) is 14.8 Å². The van der Waals surface area contributed by atoms with E-state index >= 15 is 0 Å². The zero-order valence-electron chi connectivity index (χ0n) is 13.5. The van der Waals surface area contributed by atoms with Gasteiger partial charge in [-0.2, -0.15) is 4.99 Å². The average molecular weight is 358 g/mol. The second-order valence-corrected chi connectivity index (χ2v) is 5.80. The Morgan fingerprint density at radius 3 is 2.76 bits per heavy atom. The quantitative estimate of drug-likeness (QED) is 0.419. The fourth-order valence-electron chi connectivity index (χ4n) is 1.83. The molecule has 2 rings (SSSR count). The zero-order chi connectivity index (χ0) is 18.2. The van der Waals surface area contributed by atoms with Gasteiger partial charge in [-0.05, 0) is 37.3 Å². The molecule has 1 aromatic carbocycles. The summed E-state index contributed by atoms with van der Waals surface area (Å²) in [6.45, 7) is 2.08. The van der Waals surface area contributed by atoms with Crippen LogP contribution < -0.4 is 17.2 Å². The Morgan fingerprint density at radius 1 is 1.24 bits per heavy atom. The first-order valence-electron chi connectivity index (χ1n) is 7.33. The second kappa shape index (κ2) is 8.69. The lowest BCUT2D eigenvalue weighted by Crippen LogP contribution is -2.26. The van der Waals surface area contributed by atoms with Crippen LogP contribution in [0.1, 0.15) is 17.3 Å². The number of carbonyl (C=O) groups excluding carboxylic acids is 1. The van der Waals surface area contributed by atoms with E-state index < -0.39 is 0 Å². The lowest BCUT2D eigenvalue weighted by Gasteiger charge is -2.05. The van der Waals surface area contributed by atoms with Crippen molar-refractivity contribution in [2.75, 3.05) is 6.61 Å². The molecule has 9 heteroatoms. The number of benzene rings is 1. The second-order valence-electron chi connectivity index (χ2n) is 4.71. The van der Waals surface area contributed by atoms with Crippen LogP contribution in [0.3, 0.4) is 0 Å². The summed E-state index contributed by atoms with van der Waals surface area (Å²) in [5.74, 6) is -0.577. The lowest BCUT2D eigenvalue weighted by atomic mass is 10.3. The molecule has 1 heterocycles. The van der Waals surface area contributed by atoms with E-state index in [1.165, 1.54) is 11.8 Å². The van der Waals surface area contributed by atoms with E-state index in [-0.39, 0.29) is 17.9 Å². The lowest BCUT2D eigenvalue weighted by molar-refractivity contribution is 0.0526. The smallest absolute Gasteiger partial charge is 0.338 e. The molecule has 8 nitrogen and oxygen atoms in total. The molecule has 0 aliphatic heterocycles. The molecule has 1 aromatic heterocycles. The molecule has 0 saturated carbocycles. The van der Waals surface area contributed by atoms with E-state index in [2.05, 4.69) is 15.0 Å². The Bertz CT molecular complexity index is 818. The molecule has 0 fully saturated rings. The Kier molecular flexibility index (Phi) is 6.35. The summed E-state index contributed by atoms with van der Waals surface area (Å²) in [6, 6.07) is 10.6. The molecule has 130 valence electrons. The summed E-state index contributed by atoms with van der Waals surface area (Å²) in [4.78, 5) is 24.7. The number of nitrogens with zero attached hydrogens (tertiary/aromatic N) is 3. The number of aliphatic imine (C=N–C) groups is 2. The monoisotopic (exact) mass is 358 g/mol. The largest absolute Gasteiger partial charge is 0.462 e. The third-order valence-corrected chi connectivity index (χ3v) is 3.70. The maximum atomic E-state index is 11.8. The normalized spacial score (nSPS) is 11.0. The van der Waals surface area contributed by atoms with Crippen molar-refractivity contribution in [1.82, 2.24) is 4.98 Å². The van der Waals surface area contributed by atoms with Gasteiger partial charge in [0.25, 0.3) is 0 Å². The number of aromatic nitrogens is 1. The molecule has 0 bridgehead atoms. The molecule has 2 aromatic rings. The van der Waals surface area contributed by atoms with Crippen LogP contribution in [0.25, 0.3) is 0 Å². The van der Waals surface area contributed by atoms with E-state index in [4.69, 9.17) is 21.9 Å². The molecule has 0 aliphatic rings. The first kappa shape index (κ1) is 18.3. The summed E-state index contributed by atoms with van der Waals surface area (Å²) in [5, 5.41) is 0.656.